The van der Waals surface area contributed by atoms with E-state index in [-0.39, 0.29) is 0 Å². The van der Waals surface area contributed by atoms with E-state index in [1.165, 1.54) is 32.6 Å². The largest absolute Gasteiger partial charge is 0.310 e. The highest BCUT2D eigenvalue weighted by molar-refractivity contribution is 9.10. The van der Waals surface area contributed by atoms with E-state index in [1.54, 1.807) is 0 Å². The van der Waals surface area contributed by atoms with Gasteiger partial charge in [0.25, 0.3) is 0 Å². The lowest BCUT2D eigenvalue weighted by atomic mass is 10.1. The molecule has 1 heterocycles. The Morgan fingerprint density at radius 2 is 1.11 bits per heavy atom. The molecule has 0 saturated carbocycles. The number of aromatic nitrogens is 1. The number of para-hydroxylation sites is 2. The summed E-state index contributed by atoms with van der Waals surface area (Å²) in [6.45, 7) is 0. The zero-order valence-corrected chi connectivity index (χ0v) is 21.6. The van der Waals surface area contributed by atoms with Gasteiger partial charge in [-0.05, 0) is 66.0 Å². The van der Waals surface area contributed by atoms with Crippen LogP contribution in [0.1, 0.15) is 0 Å². The second-order valence-electron chi connectivity index (χ2n) is 9.17. The van der Waals surface area contributed by atoms with E-state index < -0.39 is 0 Å². The van der Waals surface area contributed by atoms with Crippen molar-refractivity contribution in [3.8, 4) is 5.69 Å². The Morgan fingerprint density at radius 3 is 1.95 bits per heavy atom. The highest BCUT2D eigenvalue weighted by Gasteiger charge is 2.17. The normalized spacial score (nSPS) is 11.4. The van der Waals surface area contributed by atoms with E-state index in [9.17, 15) is 0 Å². The van der Waals surface area contributed by atoms with E-state index in [0.29, 0.717) is 0 Å². The van der Waals surface area contributed by atoms with Crippen molar-refractivity contribution >= 4 is 65.6 Å². The van der Waals surface area contributed by atoms with E-state index in [0.717, 1.165) is 27.2 Å². The average Bonchev–Trinajstić information content (AvgIpc) is 3.30. The fourth-order valence-corrected chi connectivity index (χ4v) is 5.98. The van der Waals surface area contributed by atoms with Gasteiger partial charge in [-0.15, -0.1) is 0 Å². The van der Waals surface area contributed by atoms with Gasteiger partial charge in [0.2, 0.25) is 0 Å². The molecule has 0 aliphatic carbocycles. The Balaban J connectivity index is 1.42. The van der Waals surface area contributed by atoms with Gasteiger partial charge in [0.1, 0.15) is 0 Å². The van der Waals surface area contributed by atoms with Crippen LogP contribution in [0.5, 0.6) is 0 Å². The second kappa shape index (κ2) is 8.95. The van der Waals surface area contributed by atoms with Crippen LogP contribution in [-0.2, 0) is 0 Å². The summed E-state index contributed by atoms with van der Waals surface area (Å²) in [7, 11) is 0. The van der Waals surface area contributed by atoms with Crippen LogP contribution in [0.3, 0.4) is 0 Å². The second-order valence-corrected chi connectivity index (χ2v) is 10.0. The van der Waals surface area contributed by atoms with Crippen LogP contribution in [0, 0.1) is 0 Å². The molecule has 0 unspecified atom stereocenters. The number of nitrogens with zero attached hydrogens (tertiary/aromatic N) is 2. The van der Waals surface area contributed by atoms with Crippen molar-refractivity contribution in [2.45, 2.75) is 0 Å². The van der Waals surface area contributed by atoms with Crippen LogP contribution in [0.15, 0.2) is 144 Å². The fraction of sp³-hybridized carbons (Fsp3) is 0. The van der Waals surface area contributed by atoms with E-state index >= 15 is 0 Å². The molecule has 176 valence electrons. The lowest BCUT2D eigenvalue weighted by molar-refractivity contribution is 1.17. The third-order valence-electron chi connectivity index (χ3n) is 7.03. The van der Waals surface area contributed by atoms with E-state index in [1.807, 2.05) is 0 Å². The molecular weight excluding hydrogens is 516 g/mol. The Kier molecular flexibility index (Phi) is 5.30. The molecular formula is C34H23BrN2. The molecule has 3 heteroatoms. The molecule has 7 rings (SSSR count). The number of fused-ring (bicyclic) bond motifs is 4. The van der Waals surface area contributed by atoms with Crippen molar-refractivity contribution in [1.82, 2.24) is 4.57 Å². The lowest BCUT2D eigenvalue weighted by Gasteiger charge is -2.27. The molecule has 37 heavy (non-hydrogen) atoms. The fourth-order valence-electron chi connectivity index (χ4n) is 5.41. The maximum Gasteiger partial charge on any atom is 0.0552 e. The van der Waals surface area contributed by atoms with Gasteiger partial charge in [0.05, 0.1) is 16.7 Å². The van der Waals surface area contributed by atoms with Crippen LogP contribution in [-0.4, -0.2) is 4.57 Å². The maximum absolute atomic E-state index is 3.79. The predicted octanol–water partition coefficient (Wildman–Crippen LogP) is 10.2. The van der Waals surface area contributed by atoms with Crippen molar-refractivity contribution in [3.63, 3.8) is 0 Å². The smallest absolute Gasteiger partial charge is 0.0552 e. The summed E-state index contributed by atoms with van der Waals surface area (Å²) in [6, 6.07) is 49.6. The zero-order valence-electron chi connectivity index (χ0n) is 20.1. The molecule has 0 amide bonds. The zero-order chi connectivity index (χ0) is 24.8. The topological polar surface area (TPSA) is 8.17 Å². The first-order chi connectivity index (χ1) is 18.3. The minimum Gasteiger partial charge on any atom is -0.310 e. The lowest BCUT2D eigenvalue weighted by Crippen LogP contribution is -2.10. The monoisotopic (exact) mass is 538 g/mol. The van der Waals surface area contributed by atoms with Crippen molar-refractivity contribution in [3.05, 3.63) is 144 Å². The number of halogens is 1. The molecule has 0 aliphatic heterocycles. The molecule has 0 aliphatic rings. The minimum absolute atomic E-state index is 1.11. The van der Waals surface area contributed by atoms with E-state index in [2.05, 4.69) is 165 Å². The van der Waals surface area contributed by atoms with E-state index in [4.69, 9.17) is 0 Å². The SMILES string of the molecule is Brc1cccc2c1c1ccccc1n2-c1ccc(N(c2ccccc2)c2cccc3ccccc23)cc1. The molecule has 0 atom stereocenters. The highest BCUT2D eigenvalue weighted by atomic mass is 79.9. The van der Waals surface area contributed by atoms with Crippen molar-refractivity contribution in [2.24, 2.45) is 0 Å². The van der Waals surface area contributed by atoms with Crippen LogP contribution in [0.4, 0.5) is 17.1 Å². The molecule has 0 saturated heterocycles. The Hall–Kier alpha value is -4.34. The summed E-state index contributed by atoms with van der Waals surface area (Å²) in [5, 5.41) is 4.94. The third kappa shape index (κ3) is 3.62. The molecule has 1 aromatic heterocycles. The van der Waals surface area contributed by atoms with Crippen molar-refractivity contribution in [2.75, 3.05) is 4.90 Å². The quantitative estimate of drug-likeness (QED) is 0.216. The summed E-state index contributed by atoms with van der Waals surface area (Å²) in [6.07, 6.45) is 0. The van der Waals surface area contributed by atoms with Gasteiger partial charge in [0.15, 0.2) is 0 Å². The van der Waals surface area contributed by atoms with Crippen molar-refractivity contribution in [1.29, 1.82) is 0 Å². The molecule has 7 aromatic rings. The van der Waals surface area contributed by atoms with Crippen LogP contribution < -0.4 is 4.90 Å². The highest BCUT2D eigenvalue weighted by Crippen LogP contribution is 2.40. The van der Waals surface area contributed by atoms with Gasteiger partial charge in [-0.2, -0.15) is 0 Å². The molecule has 0 spiro atoms. The number of hydrogen-bond donors (Lipinski definition) is 0. The van der Waals surface area contributed by atoms with Crippen LogP contribution in [0.2, 0.25) is 0 Å². The van der Waals surface area contributed by atoms with Gasteiger partial charge < -0.3 is 9.47 Å². The number of benzene rings is 6. The number of rotatable bonds is 4. The van der Waals surface area contributed by atoms with Crippen LogP contribution in [0.25, 0.3) is 38.3 Å². The summed E-state index contributed by atoms with van der Waals surface area (Å²) in [5.74, 6) is 0. The predicted molar refractivity (Wildman–Crippen MR) is 161 cm³/mol. The molecule has 0 radical (unpaired) electrons. The first-order valence-electron chi connectivity index (χ1n) is 12.4. The Bertz CT molecular complexity index is 1880. The molecule has 0 N–H and O–H groups in total. The number of hydrogen-bond acceptors (Lipinski definition) is 1. The molecule has 0 fully saturated rings. The van der Waals surface area contributed by atoms with Crippen molar-refractivity contribution < 1.29 is 0 Å². The van der Waals surface area contributed by atoms with Crippen LogP contribution >= 0.6 is 15.9 Å². The first kappa shape index (κ1) is 21.9. The van der Waals surface area contributed by atoms with Gasteiger partial charge in [-0.3, -0.25) is 0 Å². The van der Waals surface area contributed by atoms with Gasteiger partial charge in [-0.25, -0.2) is 0 Å². The standard InChI is InChI=1S/C34H23BrN2/c35-30-16-9-19-33-34(30)29-15-6-7-17-32(29)37(33)27-22-20-26(21-23-27)36(25-12-2-1-3-13-25)31-18-8-11-24-10-4-5-14-28(24)31/h1-23H. The summed E-state index contributed by atoms with van der Waals surface area (Å²) in [5.41, 5.74) is 6.95. The Morgan fingerprint density at radius 1 is 0.486 bits per heavy atom. The number of anilines is 3. The molecule has 2 nitrogen and oxygen atoms in total. The maximum atomic E-state index is 3.79. The summed E-state index contributed by atoms with van der Waals surface area (Å²) in [4.78, 5) is 2.34. The third-order valence-corrected chi connectivity index (χ3v) is 7.70. The molecule has 0 bridgehead atoms. The van der Waals surface area contributed by atoms with Gasteiger partial charge in [0, 0.05) is 37.7 Å². The minimum atomic E-state index is 1.11. The molecule has 6 aromatic carbocycles. The van der Waals surface area contributed by atoms with Gasteiger partial charge >= 0.3 is 0 Å². The Labute approximate surface area is 224 Å². The first-order valence-corrected chi connectivity index (χ1v) is 13.2. The average molecular weight is 539 g/mol. The van der Waals surface area contributed by atoms with Gasteiger partial charge in [-0.1, -0.05) is 94.8 Å². The summed E-state index contributed by atoms with van der Waals surface area (Å²) >= 11 is 3.79. The summed E-state index contributed by atoms with van der Waals surface area (Å²) < 4.78 is 3.46.